The summed E-state index contributed by atoms with van der Waals surface area (Å²) in [6.07, 6.45) is 1.74. The number of nitriles is 1. The van der Waals surface area contributed by atoms with Crippen molar-refractivity contribution in [1.29, 1.82) is 5.26 Å². The van der Waals surface area contributed by atoms with Gasteiger partial charge in [0.1, 0.15) is 10.9 Å². The molecule has 136 valence electrons. The maximum Gasteiger partial charge on any atom is 0.260 e. The Kier molecular flexibility index (Phi) is 4.64. The minimum absolute atomic E-state index is 0.206. The lowest BCUT2D eigenvalue weighted by Crippen LogP contribution is -2.10. The molecule has 4 aromatic rings. The highest BCUT2D eigenvalue weighted by Gasteiger charge is 2.14. The molecule has 0 spiro atoms. The van der Waals surface area contributed by atoms with Gasteiger partial charge in [-0.3, -0.25) is 4.79 Å². The Labute approximate surface area is 166 Å². The Bertz CT molecular complexity index is 1290. The standard InChI is InChI=1S/C23H17N3OS/c1-14-15(2)28-23-20(14)22(27)25-21(26-23)19(13-24)12-16-8-10-18(11-9-16)17-6-4-3-5-7-17/h3-12H,1-2H3,(H,25,26,27). The molecule has 0 radical (unpaired) electrons. The van der Waals surface area contributed by atoms with E-state index in [1.807, 2.05) is 56.3 Å². The molecule has 0 bridgehead atoms. The van der Waals surface area contributed by atoms with Gasteiger partial charge in [0.25, 0.3) is 5.56 Å². The van der Waals surface area contributed by atoms with E-state index < -0.39 is 0 Å². The van der Waals surface area contributed by atoms with Gasteiger partial charge in [0.15, 0.2) is 5.82 Å². The highest BCUT2D eigenvalue weighted by atomic mass is 32.1. The summed E-state index contributed by atoms with van der Waals surface area (Å²) in [5.74, 6) is 0.299. The van der Waals surface area contributed by atoms with Crippen molar-refractivity contribution >= 4 is 33.2 Å². The third kappa shape index (κ3) is 3.26. The number of thiophene rings is 1. The fourth-order valence-electron chi connectivity index (χ4n) is 3.10. The summed E-state index contributed by atoms with van der Waals surface area (Å²) in [6.45, 7) is 3.89. The number of H-pyrrole nitrogens is 1. The molecule has 0 saturated heterocycles. The summed E-state index contributed by atoms with van der Waals surface area (Å²) in [5.41, 5.74) is 4.18. The van der Waals surface area contributed by atoms with Crippen LogP contribution in [0.15, 0.2) is 59.4 Å². The van der Waals surface area contributed by atoms with Crippen LogP contribution in [0.2, 0.25) is 0 Å². The van der Waals surface area contributed by atoms with E-state index in [4.69, 9.17) is 0 Å². The van der Waals surface area contributed by atoms with E-state index >= 15 is 0 Å². The zero-order valence-corrected chi connectivity index (χ0v) is 16.3. The molecule has 0 fully saturated rings. The van der Waals surface area contributed by atoms with E-state index in [1.165, 1.54) is 11.3 Å². The van der Waals surface area contributed by atoms with Crippen molar-refractivity contribution in [3.63, 3.8) is 0 Å². The fraction of sp³-hybridized carbons (Fsp3) is 0.0870. The quantitative estimate of drug-likeness (QED) is 0.486. The lowest BCUT2D eigenvalue weighted by atomic mass is 10.0. The molecule has 0 amide bonds. The fourth-order valence-corrected chi connectivity index (χ4v) is 4.13. The second kappa shape index (κ2) is 7.26. The molecule has 4 nitrogen and oxygen atoms in total. The summed E-state index contributed by atoms with van der Waals surface area (Å²) < 4.78 is 0. The van der Waals surface area contributed by atoms with Crippen LogP contribution in [0.25, 0.3) is 33.0 Å². The molecule has 0 aliphatic heterocycles. The van der Waals surface area contributed by atoms with Crippen molar-refractivity contribution in [2.75, 3.05) is 0 Å². The number of nitrogens with zero attached hydrogens (tertiary/aromatic N) is 2. The molecule has 1 N–H and O–H groups in total. The first-order chi connectivity index (χ1) is 13.6. The Balaban J connectivity index is 1.73. The molecule has 0 atom stereocenters. The van der Waals surface area contributed by atoms with E-state index in [0.29, 0.717) is 21.6 Å². The minimum atomic E-state index is -0.206. The number of rotatable bonds is 3. The molecule has 2 aromatic carbocycles. The zero-order chi connectivity index (χ0) is 19.7. The van der Waals surface area contributed by atoms with Crippen molar-refractivity contribution in [2.45, 2.75) is 13.8 Å². The van der Waals surface area contributed by atoms with Gasteiger partial charge in [-0.25, -0.2) is 4.98 Å². The van der Waals surface area contributed by atoms with Gasteiger partial charge in [-0.1, -0.05) is 54.6 Å². The molecular formula is C23H17N3OS. The largest absolute Gasteiger partial charge is 0.305 e. The number of aromatic amines is 1. The summed E-state index contributed by atoms with van der Waals surface area (Å²) in [4.78, 5) is 21.5. The number of hydrogen-bond acceptors (Lipinski definition) is 4. The molecule has 0 aliphatic carbocycles. The van der Waals surface area contributed by atoms with Gasteiger partial charge in [0, 0.05) is 4.88 Å². The van der Waals surface area contributed by atoms with Crippen LogP contribution in [0.1, 0.15) is 21.8 Å². The molecular weight excluding hydrogens is 366 g/mol. The van der Waals surface area contributed by atoms with Gasteiger partial charge in [0.05, 0.1) is 11.0 Å². The van der Waals surface area contributed by atoms with E-state index in [-0.39, 0.29) is 5.56 Å². The molecule has 5 heteroatoms. The van der Waals surface area contributed by atoms with Crippen molar-refractivity contribution in [3.8, 4) is 17.2 Å². The number of nitrogens with one attached hydrogen (secondary N) is 1. The van der Waals surface area contributed by atoms with Crippen molar-refractivity contribution in [1.82, 2.24) is 9.97 Å². The van der Waals surface area contributed by atoms with Crippen LogP contribution in [0.4, 0.5) is 0 Å². The summed E-state index contributed by atoms with van der Waals surface area (Å²) in [7, 11) is 0. The first-order valence-corrected chi connectivity index (χ1v) is 9.66. The number of aryl methyl sites for hydroxylation is 2. The number of benzene rings is 2. The van der Waals surface area contributed by atoms with E-state index in [9.17, 15) is 10.1 Å². The van der Waals surface area contributed by atoms with Gasteiger partial charge < -0.3 is 4.98 Å². The van der Waals surface area contributed by atoms with Crippen LogP contribution >= 0.6 is 11.3 Å². The van der Waals surface area contributed by atoms with Gasteiger partial charge in [0.2, 0.25) is 0 Å². The average molecular weight is 383 g/mol. The monoisotopic (exact) mass is 383 g/mol. The van der Waals surface area contributed by atoms with Crippen molar-refractivity contribution in [2.24, 2.45) is 0 Å². The zero-order valence-electron chi connectivity index (χ0n) is 15.5. The number of aromatic nitrogens is 2. The third-order valence-corrected chi connectivity index (χ3v) is 5.84. The predicted molar refractivity (Wildman–Crippen MR) is 115 cm³/mol. The van der Waals surface area contributed by atoms with Crippen LogP contribution < -0.4 is 5.56 Å². The topological polar surface area (TPSA) is 69.5 Å². The SMILES string of the molecule is Cc1sc2nc(C(C#N)=Cc3ccc(-c4ccccc4)cc3)[nH]c(=O)c2c1C. The Morgan fingerprint density at radius 2 is 1.75 bits per heavy atom. The molecule has 2 heterocycles. The lowest BCUT2D eigenvalue weighted by molar-refractivity contribution is 1.13. The lowest BCUT2D eigenvalue weighted by Gasteiger charge is -2.03. The van der Waals surface area contributed by atoms with Crippen LogP contribution in [0.5, 0.6) is 0 Å². The average Bonchev–Trinajstić information content (AvgIpc) is 3.01. The second-order valence-corrected chi connectivity index (χ2v) is 7.74. The molecule has 0 unspecified atom stereocenters. The normalized spacial score (nSPS) is 11.5. The Morgan fingerprint density at radius 1 is 1.07 bits per heavy atom. The van der Waals surface area contributed by atoms with Gasteiger partial charge >= 0.3 is 0 Å². The molecule has 4 rings (SSSR count). The first-order valence-electron chi connectivity index (χ1n) is 8.84. The van der Waals surface area contributed by atoms with Gasteiger partial charge in [-0.05, 0) is 42.2 Å². The first kappa shape index (κ1) is 17.9. The molecule has 0 aliphatic rings. The van der Waals surface area contributed by atoms with Crippen LogP contribution in [0.3, 0.4) is 0 Å². The van der Waals surface area contributed by atoms with Crippen LogP contribution in [-0.4, -0.2) is 9.97 Å². The summed E-state index contributed by atoms with van der Waals surface area (Å²) in [5, 5.41) is 10.2. The van der Waals surface area contributed by atoms with Crippen molar-refractivity contribution in [3.05, 3.63) is 86.8 Å². The third-order valence-electron chi connectivity index (χ3n) is 4.74. The second-order valence-electron chi connectivity index (χ2n) is 6.54. The summed E-state index contributed by atoms with van der Waals surface area (Å²) >= 11 is 1.47. The highest BCUT2D eigenvalue weighted by Crippen LogP contribution is 2.27. The van der Waals surface area contributed by atoms with Gasteiger partial charge in [-0.15, -0.1) is 11.3 Å². The minimum Gasteiger partial charge on any atom is -0.305 e. The number of fused-ring (bicyclic) bond motifs is 1. The summed E-state index contributed by atoms with van der Waals surface area (Å²) in [6, 6.07) is 20.2. The maximum absolute atomic E-state index is 12.5. The van der Waals surface area contributed by atoms with Crippen LogP contribution in [0, 0.1) is 25.2 Å². The Morgan fingerprint density at radius 3 is 2.43 bits per heavy atom. The molecule has 28 heavy (non-hydrogen) atoms. The maximum atomic E-state index is 12.5. The van der Waals surface area contributed by atoms with Crippen LogP contribution in [-0.2, 0) is 0 Å². The predicted octanol–water partition coefficient (Wildman–Crippen LogP) is 5.33. The van der Waals surface area contributed by atoms with E-state index in [0.717, 1.165) is 27.1 Å². The molecule has 0 saturated carbocycles. The van der Waals surface area contributed by atoms with E-state index in [1.54, 1.807) is 6.08 Å². The Hall–Kier alpha value is -3.49. The van der Waals surface area contributed by atoms with Crippen molar-refractivity contribution < 1.29 is 0 Å². The highest BCUT2D eigenvalue weighted by molar-refractivity contribution is 7.18. The smallest absolute Gasteiger partial charge is 0.260 e. The molecule has 2 aromatic heterocycles. The number of allylic oxidation sites excluding steroid dienone is 1. The van der Waals surface area contributed by atoms with Gasteiger partial charge in [-0.2, -0.15) is 5.26 Å². The van der Waals surface area contributed by atoms with E-state index in [2.05, 4.69) is 28.2 Å². The number of hydrogen-bond donors (Lipinski definition) is 1.